The van der Waals surface area contributed by atoms with Gasteiger partial charge in [-0.15, -0.1) is 0 Å². The van der Waals surface area contributed by atoms with Crippen molar-refractivity contribution < 1.29 is 14.6 Å². The highest BCUT2D eigenvalue weighted by Crippen LogP contribution is 2.33. The smallest absolute Gasteiger partial charge is 0.307 e. The van der Waals surface area contributed by atoms with Crippen molar-refractivity contribution in [2.24, 2.45) is 11.0 Å². The number of ether oxygens (including phenoxy) is 1. The molecule has 7 nitrogen and oxygen atoms in total. The van der Waals surface area contributed by atoms with Gasteiger partial charge in [0, 0.05) is 5.92 Å². The van der Waals surface area contributed by atoms with E-state index < -0.39 is 0 Å². The number of aromatic hydroxyl groups is 1. The molecule has 7 heteroatoms. The number of anilines is 1. The number of esters is 1. The average molecular weight is 374 g/mol. The maximum atomic E-state index is 12.0. The minimum Gasteiger partial charge on any atom is -0.508 e. The van der Waals surface area contributed by atoms with Gasteiger partial charge in [-0.25, -0.2) is 0 Å². The summed E-state index contributed by atoms with van der Waals surface area (Å²) in [6.07, 6.45) is 0.132. The average Bonchev–Trinajstić information content (AvgIpc) is 3.04. The lowest BCUT2D eigenvalue weighted by atomic mass is 9.89. The van der Waals surface area contributed by atoms with E-state index >= 15 is 0 Å². The van der Waals surface area contributed by atoms with Gasteiger partial charge in [0.2, 0.25) is 0 Å². The Morgan fingerprint density at radius 3 is 2.46 bits per heavy atom. The Morgan fingerprint density at radius 2 is 1.86 bits per heavy atom. The number of carbonyl (C=O) groups excluding carboxylic acids is 1. The largest absolute Gasteiger partial charge is 0.508 e. The first-order valence-electron chi connectivity index (χ1n) is 8.66. The highest BCUT2D eigenvalue weighted by Gasteiger charge is 2.37. The van der Waals surface area contributed by atoms with Crippen molar-refractivity contribution in [2.45, 2.75) is 19.4 Å². The van der Waals surface area contributed by atoms with Gasteiger partial charge in [0.15, 0.2) is 0 Å². The highest BCUT2D eigenvalue weighted by atomic mass is 16.5. The molecule has 1 aliphatic rings. The molecule has 28 heavy (non-hydrogen) atoms. The standard InChI is InChI=1S/C21H18N4O3/c1-13-19(10-20(27)28-2)25(17-5-7-18(26)8-6-17)24-21(13)14-3-4-15(11-22)16(9-14)12-23/h3-9,13,19,26H,10H2,1-2H3. The Morgan fingerprint density at radius 1 is 1.18 bits per heavy atom. The number of phenolic OH excluding ortho intramolecular Hbond substituents is 1. The van der Waals surface area contributed by atoms with Crippen LogP contribution < -0.4 is 5.01 Å². The van der Waals surface area contributed by atoms with Crippen molar-refractivity contribution >= 4 is 17.4 Å². The molecule has 0 aromatic heterocycles. The summed E-state index contributed by atoms with van der Waals surface area (Å²) in [7, 11) is 1.34. The van der Waals surface area contributed by atoms with Crippen LogP contribution in [0.4, 0.5) is 5.69 Å². The molecule has 0 saturated carbocycles. The van der Waals surface area contributed by atoms with Gasteiger partial charge >= 0.3 is 5.97 Å². The van der Waals surface area contributed by atoms with Gasteiger partial charge in [-0.1, -0.05) is 13.0 Å². The van der Waals surface area contributed by atoms with Crippen LogP contribution in [0.2, 0.25) is 0 Å². The first kappa shape index (κ1) is 18.9. The molecule has 0 aliphatic carbocycles. The zero-order valence-corrected chi connectivity index (χ0v) is 15.5. The number of nitrogens with zero attached hydrogens (tertiary/aromatic N) is 4. The van der Waals surface area contributed by atoms with Crippen molar-refractivity contribution in [1.82, 2.24) is 0 Å². The van der Waals surface area contributed by atoms with E-state index in [1.165, 1.54) is 7.11 Å². The van der Waals surface area contributed by atoms with Crippen LogP contribution in [-0.2, 0) is 9.53 Å². The molecule has 1 aliphatic heterocycles. The Labute approximate surface area is 162 Å². The molecule has 0 radical (unpaired) electrons. The molecule has 0 saturated heterocycles. The van der Waals surface area contributed by atoms with Crippen LogP contribution in [0.5, 0.6) is 5.75 Å². The molecule has 0 bridgehead atoms. The molecule has 140 valence electrons. The molecule has 1 N–H and O–H groups in total. The summed E-state index contributed by atoms with van der Waals surface area (Å²) in [4.78, 5) is 12.0. The molecular formula is C21H18N4O3. The van der Waals surface area contributed by atoms with Crippen LogP contribution in [0.15, 0.2) is 47.6 Å². The molecule has 2 atom stereocenters. The maximum absolute atomic E-state index is 12.0. The molecule has 2 unspecified atom stereocenters. The molecule has 3 rings (SSSR count). The lowest BCUT2D eigenvalue weighted by molar-refractivity contribution is -0.141. The van der Waals surface area contributed by atoms with E-state index in [2.05, 4.69) is 0 Å². The molecule has 0 fully saturated rings. The minimum atomic E-state index is -0.352. The predicted octanol–water partition coefficient (Wildman–Crippen LogP) is 2.93. The van der Waals surface area contributed by atoms with Crippen molar-refractivity contribution in [3.8, 4) is 17.9 Å². The zero-order valence-electron chi connectivity index (χ0n) is 15.5. The van der Waals surface area contributed by atoms with Crippen LogP contribution in [0.3, 0.4) is 0 Å². The van der Waals surface area contributed by atoms with E-state index in [4.69, 9.17) is 15.1 Å². The van der Waals surface area contributed by atoms with Gasteiger partial charge < -0.3 is 9.84 Å². The van der Waals surface area contributed by atoms with Crippen LogP contribution in [0.1, 0.15) is 30.0 Å². The molecule has 2 aromatic carbocycles. The Hall–Kier alpha value is -3.84. The third-order valence-corrected chi connectivity index (χ3v) is 4.81. The Balaban J connectivity index is 2.05. The van der Waals surface area contributed by atoms with Gasteiger partial charge in [0.05, 0.1) is 42.1 Å². The summed E-state index contributed by atoms with van der Waals surface area (Å²) in [6, 6.07) is 15.3. The van der Waals surface area contributed by atoms with Gasteiger partial charge in [-0.3, -0.25) is 9.80 Å². The highest BCUT2D eigenvalue weighted by molar-refractivity contribution is 6.05. The van der Waals surface area contributed by atoms with E-state index in [0.717, 1.165) is 11.3 Å². The quantitative estimate of drug-likeness (QED) is 0.824. The zero-order chi connectivity index (χ0) is 20.3. The number of methoxy groups -OCH3 is 1. The molecule has 2 aromatic rings. The number of hydrogen-bond acceptors (Lipinski definition) is 7. The molecule has 1 heterocycles. The second kappa shape index (κ2) is 7.81. The summed E-state index contributed by atoms with van der Waals surface area (Å²) < 4.78 is 4.84. The van der Waals surface area contributed by atoms with E-state index in [-0.39, 0.29) is 35.7 Å². The third-order valence-electron chi connectivity index (χ3n) is 4.81. The predicted molar refractivity (Wildman–Crippen MR) is 103 cm³/mol. The first-order valence-corrected chi connectivity index (χ1v) is 8.66. The number of benzene rings is 2. The van der Waals surface area contributed by atoms with Gasteiger partial charge in [-0.05, 0) is 42.0 Å². The Bertz CT molecular complexity index is 1020. The van der Waals surface area contributed by atoms with E-state index in [9.17, 15) is 15.2 Å². The summed E-state index contributed by atoms with van der Waals surface area (Å²) in [5.41, 5.74) is 2.74. The lowest BCUT2D eigenvalue weighted by Crippen LogP contribution is -2.34. The van der Waals surface area contributed by atoms with Gasteiger partial charge in [0.1, 0.15) is 17.9 Å². The first-order chi connectivity index (χ1) is 13.5. The van der Waals surface area contributed by atoms with Crippen LogP contribution in [0, 0.1) is 28.6 Å². The summed E-state index contributed by atoms with van der Waals surface area (Å²) in [5, 5.41) is 34.4. The fourth-order valence-electron chi connectivity index (χ4n) is 3.26. The second-order valence-electron chi connectivity index (χ2n) is 6.47. The molecule has 0 spiro atoms. The summed E-state index contributed by atoms with van der Waals surface area (Å²) in [6.45, 7) is 1.96. The van der Waals surface area contributed by atoms with E-state index in [0.29, 0.717) is 11.3 Å². The lowest BCUT2D eigenvalue weighted by Gasteiger charge is -2.25. The van der Waals surface area contributed by atoms with Crippen LogP contribution in [-0.4, -0.2) is 29.9 Å². The van der Waals surface area contributed by atoms with Crippen molar-refractivity contribution in [3.05, 3.63) is 59.2 Å². The number of rotatable bonds is 4. The van der Waals surface area contributed by atoms with Gasteiger partial charge in [-0.2, -0.15) is 15.6 Å². The minimum absolute atomic E-state index is 0.132. The molecule has 0 amide bonds. The fourth-order valence-corrected chi connectivity index (χ4v) is 3.26. The number of carbonyl (C=O) groups is 1. The number of hydrazone groups is 1. The van der Waals surface area contributed by atoms with Crippen molar-refractivity contribution in [3.63, 3.8) is 0 Å². The normalized spacial score (nSPS) is 18.1. The fraction of sp³-hybridized carbons (Fsp3) is 0.238. The van der Waals surface area contributed by atoms with Crippen molar-refractivity contribution in [1.29, 1.82) is 10.5 Å². The van der Waals surface area contributed by atoms with Crippen LogP contribution >= 0.6 is 0 Å². The summed E-state index contributed by atoms with van der Waals surface area (Å²) in [5.74, 6) is -0.350. The summed E-state index contributed by atoms with van der Waals surface area (Å²) >= 11 is 0. The van der Waals surface area contributed by atoms with Crippen molar-refractivity contribution in [2.75, 3.05) is 12.1 Å². The van der Waals surface area contributed by atoms with E-state index in [1.807, 2.05) is 19.1 Å². The monoisotopic (exact) mass is 374 g/mol. The third kappa shape index (κ3) is 3.51. The Kier molecular flexibility index (Phi) is 5.28. The number of hydrogen-bond donors (Lipinski definition) is 1. The maximum Gasteiger partial charge on any atom is 0.307 e. The van der Waals surface area contributed by atoms with Gasteiger partial charge in [0.25, 0.3) is 0 Å². The van der Waals surface area contributed by atoms with Crippen LogP contribution in [0.25, 0.3) is 0 Å². The molecular weight excluding hydrogens is 356 g/mol. The number of nitriles is 2. The SMILES string of the molecule is COC(=O)CC1C(C)C(c2ccc(C#N)c(C#N)c2)=NN1c1ccc(O)cc1. The van der Waals surface area contributed by atoms with E-state index in [1.54, 1.807) is 47.5 Å². The number of phenols is 1. The second-order valence-corrected chi connectivity index (χ2v) is 6.47. The topological polar surface area (TPSA) is 110 Å².